The van der Waals surface area contributed by atoms with E-state index in [2.05, 4.69) is 39.2 Å². The van der Waals surface area contributed by atoms with Crippen molar-refractivity contribution >= 4 is 16.9 Å². The summed E-state index contributed by atoms with van der Waals surface area (Å²) in [4.78, 5) is 48.2. The molecule has 1 amide bonds. The van der Waals surface area contributed by atoms with Crippen molar-refractivity contribution in [2.24, 2.45) is 0 Å². The number of aromatic nitrogens is 3. The van der Waals surface area contributed by atoms with Gasteiger partial charge in [-0.3, -0.25) is 19.6 Å². The highest BCUT2D eigenvalue weighted by atomic mass is 16.2. The van der Waals surface area contributed by atoms with Gasteiger partial charge in [0, 0.05) is 18.5 Å². The molecule has 2 aromatic heterocycles. The zero-order valence-corrected chi connectivity index (χ0v) is 17.0. The molecule has 1 aliphatic heterocycles. The summed E-state index contributed by atoms with van der Waals surface area (Å²) < 4.78 is 0. The minimum atomic E-state index is -0.625. The van der Waals surface area contributed by atoms with Gasteiger partial charge >= 0.3 is 5.69 Å². The SMILES string of the molecule is Cc1cc(C(=O)N2CCCC3(CCCc4ccccc43)C2)nc2[nH]c(=O)[nH]c(=O)c12. The van der Waals surface area contributed by atoms with Crippen molar-refractivity contribution in [2.45, 2.75) is 44.4 Å². The van der Waals surface area contributed by atoms with E-state index in [1.807, 2.05) is 4.90 Å². The molecule has 1 atom stereocenters. The molecule has 154 valence electrons. The molecule has 1 unspecified atom stereocenters. The first-order chi connectivity index (χ1) is 14.5. The van der Waals surface area contributed by atoms with Gasteiger partial charge in [0.15, 0.2) is 0 Å². The molecule has 3 aromatic rings. The highest BCUT2D eigenvalue weighted by Gasteiger charge is 2.41. The van der Waals surface area contributed by atoms with Crippen molar-refractivity contribution in [3.8, 4) is 0 Å². The number of aromatic amines is 2. The van der Waals surface area contributed by atoms with Crippen molar-refractivity contribution in [3.63, 3.8) is 0 Å². The fraction of sp³-hybridized carbons (Fsp3) is 0.391. The van der Waals surface area contributed by atoms with Crippen LogP contribution in [0.4, 0.5) is 0 Å². The summed E-state index contributed by atoms with van der Waals surface area (Å²) in [5, 5.41) is 0.308. The van der Waals surface area contributed by atoms with Crippen molar-refractivity contribution in [1.29, 1.82) is 0 Å². The Morgan fingerprint density at radius 3 is 2.80 bits per heavy atom. The molecule has 30 heavy (non-hydrogen) atoms. The van der Waals surface area contributed by atoms with Crippen molar-refractivity contribution in [3.05, 3.63) is 73.6 Å². The molecule has 7 heteroatoms. The second-order valence-electron chi connectivity index (χ2n) is 8.58. The van der Waals surface area contributed by atoms with Gasteiger partial charge in [-0.15, -0.1) is 0 Å². The monoisotopic (exact) mass is 404 g/mol. The Hall–Kier alpha value is -3.22. The lowest BCUT2D eigenvalue weighted by atomic mass is 9.66. The molecule has 1 saturated heterocycles. The minimum absolute atomic E-state index is 0.000107. The molecule has 2 N–H and O–H groups in total. The first-order valence-corrected chi connectivity index (χ1v) is 10.5. The topological polar surface area (TPSA) is 98.9 Å². The number of amides is 1. The Kier molecular flexibility index (Phi) is 4.34. The zero-order chi connectivity index (χ0) is 20.9. The molecule has 2 aliphatic rings. The van der Waals surface area contributed by atoms with Crippen LogP contribution in [0.15, 0.2) is 39.9 Å². The van der Waals surface area contributed by atoms with Gasteiger partial charge in [-0.25, -0.2) is 9.78 Å². The lowest BCUT2D eigenvalue weighted by molar-refractivity contribution is 0.0611. The molecule has 1 spiro atoms. The normalized spacial score (nSPS) is 21.0. The summed E-state index contributed by atoms with van der Waals surface area (Å²) in [6.45, 7) is 3.12. The number of pyridine rings is 1. The van der Waals surface area contributed by atoms with Gasteiger partial charge in [0.1, 0.15) is 11.3 Å². The van der Waals surface area contributed by atoms with Crippen molar-refractivity contribution in [1.82, 2.24) is 19.9 Å². The maximum Gasteiger partial charge on any atom is 0.327 e. The van der Waals surface area contributed by atoms with E-state index in [0.29, 0.717) is 24.0 Å². The van der Waals surface area contributed by atoms with Gasteiger partial charge < -0.3 is 4.90 Å². The molecular formula is C23H24N4O3. The molecule has 0 bridgehead atoms. The van der Waals surface area contributed by atoms with Gasteiger partial charge in [0.2, 0.25) is 0 Å². The molecule has 1 aromatic carbocycles. The smallest absolute Gasteiger partial charge is 0.327 e. The number of hydrogen-bond donors (Lipinski definition) is 2. The van der Waals surface area contributed by atoms with Gasteiger partial charge in [0.05, 0.1) is 5.39 Å². The summed E-state index contributed by atoms with van der Waals surface area (Å²) in [6, 6.07) is 10.3. The molecule has 1 fully saturated rings. The highest BCUT2D eigenvalue weighted by molar-refractivity contribution is 5.95. The minimum Gasteiger partial charge on any atom is -0.336 e. The first kappa shape index (κ1) is 18.8. The molecule has 7 nitrogen and oxygen atoms in total. The number of likely N-dealkylation sites (tertiary alicyclic amines) is 1. The largest absolute Gasteiger partial charge is 0.336 e. The molecule has 5 rings (SSSR count). The van der Waals surface area contributed by atoms with Crippen LogP contribution in [0.2, 0.25) is 0 Å². The quantitative estimate of drug-likeness (QED) is 0.651. The molecule has 1 aliphatic carbocycles. The lowest BCUT2D eigenvalue weighted by Gasteiger charge is -2.46. The number of H-pyrrole nitrogens is 2. The van der Waals surface area contributed by atoms with Crippen molar-refractivity contribution in [2.75, 3.05) is 13.1 Å². The third-order valence-corrected chi connectivity index (χ3v) is 6.68. The Morgan fingerprint density at radius 1 is 1.13 bits per heavy atom. The van der Waals surface area contributed by atoms with E-state index < -0.39 is 11.2 Å². The second kappa shape index (κ2) is 6.93. The number of piperidine rings is 1. The number of aryl methyl sites for hydroxylation is 2. The Bertz CT molecular complexity index is 1280. The molecule has 0 saturated carbocycles. The number of fused-ring (bicyclic) bond motifs is 3. The number of nitrogens with one attached hydrogen (secondary N) is 2. The Morgan fingerprint density at radius 2 is 1.93 bits per heavy atom. The summed E-state index contributed by atoms with van der Waals surface area (Å²) in [5.74, 6) is -0.150. The summed E-state index contributed by atoms with van der Waals surface area (Å²) in [6.07, 6.45) is 5.35. The molecule has 0 radical (unpaired) electrons. The number of nitrogens with zero attached hydrogens (tertiary/aromatic N) is 2. The van der Waals surface area contributed by atoms with Crippen molar-refractivity contribution < 1.29 is 4.79 Å². The van der Waals surface area contributed by atoms with Crippen LogP contribution in [0.1, 0.15) is 52.9 Å². The standard InChI is InChI=1S/C23H24N4O3/c1-14-12-17(24-19-18(14)20(28)26-22(30)25-19)21(29)27-11-5-10-23(13-27)9-4-7-15-6-2-3-8-16(15)23/h2-3,6,8,12H,4-5,7,9-11,13H2,1H3,(H2,24,25,26,28,30). The summed E-state index contributed by atoms with van der Waals surface area (Å²) in [7, 11) is 0. The Balaban J connectivity index is 1.52. The highest BCUT2D eigenvalue weighted by Crippen LogP contribution is 2.43. The van der Waals surface area contributed by atoms with Crippen LogP contribution in [-0.4, -0.2) is 38.8 Å². The van der Waals surface area contributed by atoms with Crippen LogP contribution < -0.4 is 11.2 Å². The van der Waals surface area contributed by atoms with Crippen LogP contribution in [0.5, 0.6) is 0 Å². The van der Waals surface area contributed by atoms with Gasteiger partial charge in [-0.05, 0) is 61.8 Å². The zero-order valence-electron chi connectivity index (χ0n) is 17.0. The third kappa shape index (κ3) is 2.96. The summed E-state index contributed by atoms with van der Waals surface area (Å²) in [5.41, 5.74) is 2.70. The third-order valence-electron chi connectivity index (χ3n) is 6.68. The average molecular weight is 404 g/mol. The van der Waals surface area contributed by atoms with E-state index in [-0.39, 0.29) is 22.7 Å². The number of carbonyl (C=O) groups excluding carboxylic acids is 1. The maximum absolute atomic E-state index is 13.4. The fourth-order valence-corrected chi connectivity index (χ4v) is 5.36. The Labute approximate surface area is 173 Å². The van der Waals surface area contributed by atoms with Crippen LogP contribution in [-0.2, 0) is 11.8 Å². The number of rotatable bonds is 1. The van der Waals surface area contributed by atoms with Gasteiger partial charge in [0.25, 0.3) is 11.5 Å². The van der Waals surface area contributed by atoms with E-state index in [4.69, 9.17) is 0 Å². The van der Waals surface area contributed by atoms with Crippen LogP contribution in [0, 0.1) is 6.92 Å². The second-order valence-corrected chi connectivity index (χ2v) is 8.58. The average Bonchev–Trinajstić information content (AvgIpc) is 2.73. The van der Waals surface area contributed by atoms with Crippen LogP contribution in [0.25, 0.3) is 11.0 Å². The van der Waals surface area contributed by atoms with Crippen LogP contribution >= 0.6 is 0 Å². The fourth-order valence-electron chi connectivity index (χ4n) is 5.36. The van der Waals surface area contributed by atoms with E-state index >= 15 is 0 Å². The molecule has 3 heterocycles. The first-order valence-electron chi connectivity index (χ1n) is 10.5. The van der Waals surface area contributed by atoms with Crippen LogP contribution in [0.3, 0.4) is 0 Å². The lowest BCUT2D eigenvalue weighted by Crippen LogP contribution is -2.50. The van der Waals surface area contributed by atoms with E-state index in [1.165, 1.54) is 11.1 Å². The predicted octanol–water partition coefficient (Wildman–Crippen LogP) is 2.43. The summed E-state index contributed by atoms with van der Waals surface area (Å²) >= 11 is 0. The van der Waals surface area contributed by atoms with E-state index in [1.54, 1.807) is 13.0 Å². The van der Waals surface area contributed by atoms with Gasteiger partial charge in [-0.1, -0.05) is 24.3 Å². The maximum atomic E-state index is 13.4. The number of hydrogen-bond acceptors (Lipinski definition) is 4. The number of benzene rings is 1. The molecular weight excluding hydrogens is 380 g/mol. The predicted molar refractivity (Wildman–Crippen MR) is 114 cm³/mol. The number of carbonyl (C=O) groups is 1. The van der Waals surface area contributed by atoms with E-state index in [0.717, 1.165) is 32.1 Å². The van der Waals surface area contributed by atoms with E-state index in [9.17, 15) is 14.4 Å². The van der Waals surface area contributed by atoms with Gasteiger partial charge in [-0.2, -0.15) is 0 Å².